The topological polar surface area (TPSA) is 18.0 Å². The summed E-state index contributed by atoms with van der Waals surface area (Å²) < 4.78 is 80.1. The monoisotopic (exact) mass is 541 g/mol. The number of pyridine rings is 1. The van der Waals surface area contributed by atoms with Gasteiger partial charge in [0, 0.05) is 33.9 Å². The van der Waals surface area contributed by atoms with Crippen LogP contribution < -0.4 is 9.30 Å². The van der Waals surface area contributed by atoms with Crippen LogP contribution in [0.3, 0.4) is 0 Å². The van der Waals surface area contributed by atoms with E-state index in [0.29, 0.717) is 11.4 Å². The van der Waals surface area contributed by atoms with Crippen molar-refractivity contribution >= 4 is 43.4 Å². The number of hydrogen-bond acceptors (Lipinski definition) is 1. The van der Waals surface area contributed by atoms with Gasteiger partial charge in [0.25, 0.3) is 0 Å². The Balaban J connectivity index is 1.54. The number of aryl methyl sites for hydroxylation is 2. The molecular formula is C38H33N2O+. The molecule has 0 amide bonds. The van der Waals surface area contributed by atoms with Crippen molar-refractivity contribution in [3.63, 3.8) is 0 Å². The number of hydrogen-bond donors (Lipinski definition) is 0. The molecule has 0 bridgehead atoms. The van der Waals surface area contributed by atoms with Crippen LogP contribution in [0.1, 0.15) is 42.9 Å². The van der Waals surface area contributed by atoms with Crippen LogP contribution in [0.15, 0.2) is 97.0 Å². The molecule has 0 aliphatic carbocycles. The van der Waals surface area contributed by atoms with Gasteiger partial charge in [0.05, 0.1) is 38.6 Å². The highest BCUT2D eigenvalue weighted by molar-refractivity contribution is 6.11. The van der Waals surface area contributed by atoms with E-state index in [1.165, 1.54) is 0 Å². The number of benzene rings is 5. The van der Waals surface area contributed by atoms with Gasteiger partial charge in [-0.3, -0.25) is 0 Å². The van der Waals surface area contributed by atoms with E-state index >= 15 is 0 Å². The van der Waals surface area contributed by atoms with Crippen molar-refractivity contribution in [2.75, 3.05) is 0 Å². The van der Waals surface area contributed by atoms with E-state index in [4.69, 9.17) is 15.7 Å². The minimum Gasteiger partial charge on any atom is -0.455 e. The van der Waals surface area contributed by atoms with Crippen LogP contribution in [0.5, 0.6) is 11.5 Å². The van der Waals surface area contributed by atoms with Crippen LogP contribution in [0.25, 0.3) is 60.3 Å². The maximum absolute atomic E-state index is 8.98. The summed E-state index contributed by atoms with van der Waals surface area (Å²) in [6.45, 7) is 8.74. The summed E-state index contributed by atoms with van der Waals surface area (Å²) in [5.74, 6) is 1.32. The van der Waals surface area contributed by atoms with Crippen LogP contribution in [0, 0.1) is 12.3 Å². The number of aromatic nitrogens is 2. The van der Waals surface area contributed by atoms with Gasteiger partial charge in [0.15, 0.2) is 6.20 Å². The van der Waals surface area contributed by atoms with Crippen molar-refractivity contribution in [1.82, 2.24) is 4.57 Å². The van der Waals surface area contributed by atoms with E-state index in [1.807, 2.05) is 37.5 Å². The summed E-state index contributed by atoms with van der Waals surface area (Å²) in [5.41, 5.74) is 4.76. The lowest BCUT2D eigenvalue weighted by molar-refractivity contribution is -0.659. The molecular weight excluding hydrogens is 500 g/mol. The molecule has 0 fully saturated rings. The lowest BCUT2D eigenvalue weighted by atomic mass is 9.82. The standard InChI is InChI=1S/C38H33N2O/c1-23-26-12-6-7-13-27(26)30(22-38(2,3)4)37-34(23)36-35-24(18-19-39(36)5)20-25(21-33(35)41-37)40-31-16-10-8-14-28(31)29-15-9-11-17-32(29)40/h6-21H,22H2,1-5H3/q+1/i8D,9D,10D,11D,14D,15D,16D,17D. The van der Waals surface area contributed by atoms with Gasteiger partial charge in [-0.2, -0.15) is 0 Å². The first-order chi connectivity index (χ1) is 23.1. The minimum atomic E-state index is -0.469. The number of fused-ring (bicyclic) bond motifs is 6. The summed E-state index contributed by atoms with van der Waals surface area (Å²) >= 11 is 0. The highest BCUT2D eigenvalue weighted by Gasteiger charge is 2.34. The Kier molecular flexibility index (Phi) is 3.55. The lowest BCUT2D eigenvalue weighted by Gasteiger charge is -2.28. The third-order valence-corrected chi connectivity index (χ3v) is 8.16. The molecule has 3 heteroatoms. The Bertz CT molecular complexity index is 2580. The highest BCUT2D eigenvalue weighted by Crippen LogP contribution is 2.52. The second-order valence-corrected chi connectivity index (χ2v) is 12.2. The van der Waals surface area contributed by atoms with Crippen LogP contribution in [-0.2, 0) is 13.5 Å². The molecule has 1 aliphatic heterocycles. The molecule has 2 aromatic heterocycles. The molecule has 0 saturated carbocycles. The molecule has 8 rings (SSSR count). The molecule has 7 aromatic rings. The van der Waals surface area contributed by atoms with E-state index < -0.39 is 24.2 Å². The molecule has 0 radical (unpaired) electrons. The summed E-state index contributed by atoms with van der Waals surface area (Å²) in [7, 11) is 2.01. The van der Waals surface area contributed by atoms with Gasteiger partial charge in [-0.1, -0.05) is 81.3 Å². The van der Waals surface area contributed by atoms with Gasteiger partial charge >= 0.3 is 0 Å². The molecule has 1 aliphatic rings. The lowest BCUT2D eigenvalue weighted by Crippen LogP contribution is -2.32. The van der Waals surface area contributed by atoms with Crippen molar-refractivity contribution in [1.29, 1.82) is 0 Å². The van der Waals surface area contributed by atoms with Crippen LogP contribution in [0.2, 0.25) is 0 Å². The van der Waals surface area contributed by atoms with E-state index in [2.05, 4.69) is 50.5 Å². The zero-order chi connectivity index (χ0) is 35.0. The largest absolute Gasteiger partial charge is 0.455 e. The normalized spacial score (nSPS) is 15.5. The number of nitrogens with zero attached hydrogens (tertiary/aromatic N) is 2. The summed E-state index contributed by atoms with van der Waals surface area (Å²) in [6, 6.07) is 10.8. The first kappa shape index (κ1) is 17.2. The Morgan fingerprint density at radius 2 is 1.51 bits per heavy atom. The number of ether oxygens (including phenoxy) is 1. The van der Waals surface area contributed by atoms with Crippen molar-refractivity contribution in [2.24, 2.45) is 12.5 Å². The van der Waals surface area contributed by atoms with Crippen molar-refractivity contribution in [3.8, 4) is 28.4 Å². The van der Waals surface area contributed by atoms with E-state index in [-0.39, 0.29) is 51.4 Å². The van der Waals surface area contributed by atoms with Gasteiger partial charge in [-0.25, -0.2) is 4.57 Å². The van der Waals surface area contributed by atoms with E-state index in [1.54, 1.807) is 4.57 Å². The fraction of sp³-hybridized carbons (Fsp3) is 0.184. The maximum atomic E-state index is 8.98. The third-order valence-electron chi connectivity index (χ3n) is 8.16. The fourth-order valence-electron chi connectivity index (χ4n) is 6.50. The predicted molar refractivity (Wildman–Crippen MR) is 170 cm³/mol. The van der Waals surface area contributed by atoms with Gasteiger partial charge in [0.1, 0.15) is 18.5 Å². The first-order valence-electron chi connectivity index (χ1n) is 17.8. The maximum Gasteiger partial charge on any atom is 0.228 e. The van der Waals surface area contributed by atoms with Gasteiger partial charge in [0.2, 0.25) is 5.69 Å². The van der Waals surface area contributed by atoms with Crippen LogP contribution in [-0.4, -0.2) is 4.57 Å². The SMILES string of the molecule is [2H]c1c([2H])c([2H])c2c(c1[2H])c1c([2H])c([2H])c([2H])c([2H])c1n2-c1cc2c3c([n+](C)ccc3c1)-c1c(c(CC(C)(C)C)c3ccccc3c1C)O2. The molecule has 0 spiro atoms. The third kappa shape index (κ3) is 3.48. The summed E-state index contributed by atoms with van der Waals surface area (Å²) in [6.07, 6.45) is 2.74. The predicted octanol–water partition coefficient (Wildman–Crippen LogP) is 9.58. The molecule has 200 valence electrons. The molecule has 0 saturated heterocycles. The van der Waals surface area contributed by atoms with E-state index in [0.717, 1.165) is 56.1 Å². The number of para-hydroxylation sites is 2. The second kappa shape index (κ2) is 8.44. The van der Waals surface area contributed by atoms with Crippen LogP contribution in [0.4, 0.5) is 0 Å². The average Bonchev–Trinajstić information content (AvgIpc) is 3.43. The smallest absolute Gasteiger partial charge is 0.228 e. The quantitative estimate of drug-likeness (QED) is 0.199. The zero-order valence-corrected chi connectivity index (χ0v) is 23.6. The average molecular weight is 542 g/mol. The van der Waals surface area contributed by atoms with Crippen molar-refractivity contribution in [2.45, 2.75) is 34.1 Å². The molecule has 0 atom stereocenters. The molecule has 3 heterocycles. The van der Waals surface area contributed by atoms with Crippen molar-refractivity contribution < 1.29 is 20.3 Å². The summed E-state index contributed by atoms with van der Waals surface area (Å²) in [5, 5.41) is 4.07. The Labute approximate surface area is 251 Å². The molecule has 5 aromatic carbocycles. The molecule has 3 nitrogen and oxygen atoms in total. The highest BCUT2D eigenvalue weighted by atomic mass is 16.5. The fourth-order valence-corrected chi connectivity index (χ4v) is 6.50. The number of rotatable bonds is 2. The Hall–Kier alpha value is -4.63. The Morgan fingerprint density at radius 1 is 0.854 bits per heavy atom. The second-order valence-electron chi connectivity index (χ2n) is 12.2. The summed E-state index contributed by atoms with van der Waals surface area (Å²) in [4.78, 5) is 0. The van der Waals surface area contributed by atoms with Gasteiger partial charge in [-0.15, -0.1) is 0 Å². The molecule has 41 heavy (non-hydrogen) atoms. The first-order valence-corrected chi connectivity index (χ1v) is 13.8. The van der Waals surface area contributed by atoms with Gasteiger partial charge < -0.3 is 9.30 Å². The molecule has 0 N–H and O–H groups in total. The van der Waals surface area contributed by atoms with E-state index in [9.17, 15) is 0 Å². The van der Waals surface area contributed by atoms with Crippen LogP contribution >= 0.6 is 0 Å². The van der Waals surface area contributed by atoms with Gasteiger partial charge in [-0.05, 0) is 53.2 Å². The Morgan fingerprint density at radius 3 is 2.20 bits per heavy atom. The molecule has 0 unspecified atom stereocenters. The minimum absolute atomic E-state index is 0.0442. The zero-order valence-electron chi connectivity index (χ0n) is 31.6. The van der Waals surface area contributed by atoms with Crippen molar-refractivity contribution in [3.05, 3.63) is 108 Å².